The summed E-state index contributed by atoms with van der Waals surface area (Å²) in [6, 6.07) is 4.71. The summed E-state index contributed by atoms with van der Waals surface area (Å²) in [5.41, 5.74) is 0.781. The van der Waals surface area contributed by atoms with Gasteiger partial charge in [0.2, 0.25) is 0 Å². The lowest BCUT2D eigenvalue weighted by atomic mass is 10.0. The van der Waals surface area contributed by atoms with E-state index in [-0.39, 0.29) is 0 Å². The average molecular weight is 338 g/mol. The number of hydrogen-bond acceptors (Lipinski definition) is 3. The summed E-state index contributed by atoms with van der Waals surface area (Å²) >= 11 is 0. The molecule has 3 nitrogen and oxygen atoms in total. The Kier molecular flexibility index (Phi) is 6.44. The van der Waals surface area contributed by atoms with Crippen LogP contribution in [0.2, 0.25) is 0 Å². The SMILES string of the molecule is Fc1ccc(N2CCC(NCCCCC3CCCO3)CC2)cc1F. The molecule has 0 aromatic heterocycles. The Morgan fingerprint density at radius 1 is 1.08 bits per heavy atom. The minimum Gasteiger partial charge on any atom is -0.378 e. The molecule has 2 aliphatic rings. The fourth-order valence-electron chi connectivity index (χ4n) is 3.70. The van der Waals surface area contributed by atoms with E-state index in [1.165, 1.54) is 44.2 Å². The largest absolute Gasteiger partial charge is 0.378 e. The summed E-state index contributed by atoms with van der Waals surface area (Å²) in [7, 11) is 0. The van der Waals surface area contributed by atoms with Crippen LogP contribution in [0.4, 0.5) is 14.5 Å². The van der Waals surface area contributed by atoms with E-state index in [0.717, 1.165) is 44.8 Å². The quantitative estimate of drug-likeness (QED) is 0.764. The lowest BCUT2D eigenvalue weighted by Crippen LogP contribution is -2.42. The van der Waals surface area contributed by atoms with E-state index in [9.17, 15) is 8.78 Å². The highest BCUT2D eigenvalue weighted by molar-refractivity contribution is 5.47. The highest BCUT2D eigenvalue weighted by Crippen LogP contribution is 2.22. The van der Waals surface area contributed by atoms with Gasteiger partial charge in [-0.1, -0.05) is 0 Å². The summed E-state index contributed by atoms with van der Waals surface area (Å²) < 4.78 is 32.0. The molecule has 0 saturated carbocycles. The molecule has 0 radical (unpaired) electrons. The van der Waals surface area contributed by atoms with Gasteiger partial charge in [0.25, 0.3) is 0 Å². The number of ether oxygens (including phenoxy) is 1. The van der Waals surface area contributed by atoms with Crippen molar-refractivity contribution in [1.29, 1.82) is 0 Å². The highest BCUT2D eigenvalue weighted by atomic mass is 19.2. The number of piperidine rings is 1. The zero-order valence-corrected chi connectivity index (χ0v) is 14.3. The van der Waals surface area contributed by atoms with Crippen LogP contribution in [0.25, 0.3) is 0 Å². The van der Waals surface area contributed by atoms with E-state index in [0.29, 0.717) is 12.1 Å². The minimum atomic E-state index is -0.779. The van der Waals surface area contributed by atoms with Gasteiger partial charge in [-0.15, -0.1) is 0 Å². The Hall–Kier alpha value is -1.20. The maximum Gasteiger partial charge on any atom is 0.160 e. The number of unbranched alkanes of at least 4 members (excludes halogenated alkanes) is 1. The summed E-state index contributed by atoms with van der Waals surface area (Å²) in [6.07, 6.45) is 8.67. The van der Waals surface area contributed by atoms with Crippen molar-refractivity contribution in [2.24, 2.45) is 0 Å². The molecule has 2 heterocycles. The molecule has 134 valence electrons. The normalized spacial score (nSPS) is 22.2. The van der Waals surface area contributed by atoms with Crippen molar-refractivity contribution in [2.75, 3.05) is 31.1 Å². The number of rotatable bonds is 7. The van der Waals surface area contributed by atoms with Gasteiger partial charge in [0, 0.05) is 37.5 Å². The molecule has 3 rings (SSSR count). The lowest BCUT2D eigenvalue weighted by molar-refractivity contribution is 0.102. The van der Waals surface area contributed by atoms with Crippen molar-refractivity contribution in [3.63, 3.8) is 0 Å². The van der Waals surface area contributed by atoms with E-state index < -0.39 is 11.6 Å². The third-order valence-corrected chi connectivity index (χ3v) is 5.17. The third kappa shape index (κ3) is 4.90. The standard InChI is InChI=1S/C19H28F2N2O/c20-18-7-6-16(14-19(18)21)23-11-8-15(9-12-23)22-10-2-1-4-17-5-3-13-24-17/h6-7,14-15,17,22H,1-5,8-13H2. The molecule has 1 atom stereocenters. The van der Waals surface area contributed by atoms with Crippen molar-refractivity contribution >= 4 is 5.69 Å². The molecule has 0 aliphatic carbocycles. The van der Waals surface area contributed by atoms with Crippen LogP contribution < -0.4 is 10.2 Å². The van der Waals surface area contributed by atoms with Crippen molar-refractivity contribution < 1.29 is 13.5 Å². The average Bonchev–Trinajstić information content (AvgIpc) is 3.11. The van der Waals surface area contributed by atoms with Gasteiger partial charge in [0.05, 0.1) is 6.10 Å². The van der Waals surface area contributed by atoms with Crippen LogP contribution in [0.1, 0.15) is 44.9 Å². The topological polar surface area (TPSA) is 24.5 Å². The second-order valence-electron chi connectivity index (χ2n) is 6.94. The number of nitrogens with one attached hydrogen (secondary N) is 1. The predicted octanol–water partition coefficient (Wildman–Crippen LogP) is 3.87. The smallest absolute Gasteiger partial charge is 0.160 e. The molecule has 1 unspecified atom stereocenters. The van der Waals surface area contributed by atoms with Crippen molar-refractivity contribution in [2.45, 2.75) is 57.1 Å². The molecule has 24 heavy (non-hydrogen) atoms. The van der Waals surface area contributed by atoms with E-state index in [1.54, 1.807) is 6.07 Å². The molecular weight excluding hydrogens is 310 g/mol. The van der Waals surface area contributed by atoms with Crippen LogP contribution in [-0.4, -0.2) is 38.4 Å². The third-order valence-electron chi connectivity index (χ3n) is 5.17. The first-order valence-electron chi connectivity index (χ1n) is 9.27. The zero-order chi connectivity index (χ0) is 16.8. The van der Waals surface area contributed by atoms with Gasteiger partial charge in [-0.25, -0.2) is 8.78 Å². The second kappa shape index (κ2) is 8.77. The first kappa shape index (κ1) is 17.6. The number of anilines is 1. The maximum atomic E-state index is 13.3. The van der Waals surface area contributed by atoms with Gasteiger partial charge in [-0.2, -0.15) is 0 Å². The predicted molar refractivity (Wildman–Crippen MR) is 92.4 cm³/mol. The Morgan fingerprint density at radius 3 is 2.62 bits per heavy atom. The first-order valence-corrected chi connectivity index (χ1v) is 9.27. The molecule has 2 aliphatic heterocycles. The van der Waals surface area contributed by atoms with Crippen LogP contribution >= 0.6 is 0 Å². The fraction of sp³-hybridized carbons (Fsp3) is 0.684. The molecular formula is C19H28F2N2O. The van der Waals surface area contributed by atoms with Crippen molar-refractivity contribution in [3.05, 3.63) is 29.8 Å². The van der Waals surface area contributed by atoms with Gasteiger partial charge in [-0.3, -0.25) is 0 Å². The molecule has 0 amide bonds. The summed E-state index contributed by atoms with van der Waals surface area (Å²) in [6.45, 7) is 3.78. The minimum absolute atomic E-state index is 0.504. The molecule has 0 spiro atoms. The van der Waals surface area contributed by atoms with Gasteiger partial charge in [-0.05, 0) is 63.6 Å². The zero-order valence-electron chi connectivity index (χ0n) is 14.3. The number of nitrogens with zero attached hydrogens (tertiary/aromatic N) is 1. The van der Waals surface area contributed by atoms with Crippen LogP contribution in [0.15, 0.2) is 18.2 Å². The van der Waals surface area contributed by atoms with E-state index >= 15 is 0 Å². The Morgan fingerprint density at radius 2 is 1.92 bits per heavy atom. The summed E-state index contributed by atoms with van der Waals surface area (Å²) in [4.78, 5) is 2.14. The maximum absolute atomic E-state index is 13.3. The molecule has 5 heteroatoms. The fourth-order valence-corrected chi connectivity index (χ4v) is 3.70. The summed E-state index contributed by atoms with van der Waals surface area (Å²) in [5.74, 6) is -1.54. The highest BCUT2D eigenvalue weighted by Gasteiger charge is 2.20. The molecule has 1 N–H and O–H groups in total. The molecule has 1 aromatic carbocycles. The molecule has 2 fully saturated rings. The summed E-state index contributed by atoms with van der Waals surface area (Å²) in [5, 5.41) is 3.64. The first-order chi connectivity index (χ1) is 11.7. The number of benzene rings is 1. The van der Waals surface area contributed by atoms with Gasteiger partial charge >= 0.3 is 0 Å². The van der Waals surface area contributed by atoms with Crippen LogP contribution in [0.5, 0.6) is 0 Å². The number of hydrogen-bond donors (Lipinski definition) is 1. The Labute approximate surface area is 143 Å². The molecule has 1 aromatic rings. The monoisotopic (exact) mass is 338 g/mol. The van der Waals surface area contributed by atoms with Gasteiger partial charge < -0.3 is 15.0 Å². The number of halogens is 2. The van der Waals surface area contributed by atoms with Gasteiger partial charge in [0.15, 0.2) is 11.6 Å². The van der Waals surface area contributed by atoms with Crippen LogP contribution in [-0.2, 0) is 4.74 Å². The Balaban J connectivity index is 1.31. The Bertz CT molecular complexity index is 512. The lowest BCUT2D eigenvalue weighted by Gasteiger charge is -2.34. The van der Waals surface area contributed by atoms with E-state index in [2.05, 4.69) is 10.2 Å². The van der Waals surface area contributed by atoms with Crippen LogP contribution in [0, 0.1) is 11.6 Å². The second-order valence-corrected chi connectivity index (χ2v) is 6.94. The molecule has 0 bridgehead atoms. The van der Waals surface area contributed by atoms with E-state index in [1.807, 2.05) is 0 Å². The van der Waals surface area contributed by atoms with Crippen molar-refractivity contribution in [1.82, 2.24) is 5.32 Å². The van der Waals surface area contributed by atoms with Gasteiger partial charge in [0.1, 0.15) is 0 Å². The van der Waals surface area contributed by atoms with Crippen molar-refractivity contribution in [3.8, 4) is 0 Å². The van der Waals surface area contributed by atoms with Crippen LogP contribution in [0.3, 0.4) is 0 Å². The van der Waals surface area contributed by atoms with E-state index in [4.69, 9.17) is 4.74 Å². The molecule has 2 saturated heterocycles.